The van der Waals surface area contributed by atoms with Gasteiger partial charge in [-0.15, -0.1) is 0 Å². The molecule has 0 radical (unpaired) electrons. The largest absolute Gasteiger partial charge is 0.481 e. The van der Waals surface area contributed by atoms with E-state index in [1.54, 1.807) is 0 Å². The van der Waals surface area contributed by atoms with Crippen molar-refractivity contribution in [2.45, 2.75) is 19.1 Å². The van der Waals surface area contributed by atoms with Gasteiger partial charge in [0.25, 0.3) is 5.91 Å². The van der Waals surface area contributed by atoms with Crippen molar-refractivity contribution < 1.29 is 9.53 Å². The zero-order valence-electron chi connectivity index (χ0n) is 19.5. The Morgan fingerprint density at radius 3 is 1.88 bits per heavy atom. The van der Waals surface area contributed by atoms with Crippen LogP contribution in [0.2, 0.25) is 0 Å². The van der Waals surface area contributed by atoms with E-state index in [2.05, 4.69) is 77.7 Å². The highest BCUT2D eigenvalue weighted by atomic mass is 16.5. The molecule has 34 heavy (non-hydrogen) atoms. The van der Waals surface area contributed by atoms with Gasteiger partial charge >= 0.3 is 0 Å². The Morgan fingerprint density at radius 1 is 0.706 bits per heavy atom. The Hall–Kier alpha value is -3.63. The van der Waals surface area contributed by atoms with Crippen LogP contribution in [-0.4, -0.2) is 48.0 Å². The van der Waals surface area contributed by atoms with Gasteiger partial charge in [-0.25, -0.2) is 0 Å². The third-order valence-electron chi connectivity index (χ3n) is 6.60. The Balaban J connectivity index is 1.24. The molecule has 0 spiro atoms. The molecule has 0 aliphatic carbocycles. The van der Waals surface area contributed by atoms with E-state index < -0.39 is 6.10 Å². The number of nitrogens with zero attached hydrogens (tertiary/aromatic N) is 2. The van der Waals surface area contributed by atoms with E-state index in [1.807, 2.05) is 42.2 Å². The summed E-state index contributed by atoms with van der Waals surface area (Å²) in [6, 6.07) is 35.6. The van der Waals surface area contributed by atoms with Crippen LogP contribution in [0.3, 0.4) is 0 Å². The molecular formula is C30H30N2O2. The summed E-state index contributed by atoms with van der Waals surface area (Å²) in [5.74, 6) is 0.773. The first-order valence-corrected chi connectivity index (χ1v) is 12.0. The van der Waals surface area contributed by atoms with Crippen molar-refractivity contribution in [3.05, 3.63) is 114 Å². The lowest BCUT2D eigenvalue weighted by atomic mass is 9.96. The second-order valence-corrected chi connectivity index (χ2v) is 8.85. The average molecular weight is 451 g/mol. The van der Waals surface area contributed by atoms with Crippen molar-refractivity contribution in [3.8, 4) is 5.75 Å². The van der Waals surface area contributed by atoms with E-state index >= 15 is 0 Å². The van der Waals surface area contributed by atoms with Crippen LogP contribution in [0.1, 0.15) is 24.1 Å². The fourth-order valence-electron chi connectivity index (χ4n) is 4.84. The van der Waals surface area contributed by atoms with Gasteiger partial charge in [-0.2, -0.15) is 0 Å². The number of fused-ring (bicyclic) bond motifs is 1. The number of ether oxygens (including phenoxy) is 1. The average Bonchev–Trinajstić information content (AvgIpc) is 2.90. The number of amides is 1. The molecule has 1 saturated heterocycles. The number of carbonyl (C=O) groups is 1. The van der Waals surface area contributed by atoms with E-state index in [0.717, 1.165) is 29.6 Å². The zero-order valence-corrected chi connectivity index (χ0v) is 19.5. The Bertz CT molecular complexity index is 1190. The Kier molecular flexibility index (Phi) is 6.59. The third-order valence-corrected chi connectivity index (χ3v) is 6.60. The number of piperazine rings is 1. The molecule has 1 heterocycles. The second kappa shape index (κ2) is 10.1. The molecule has 5 rings (SSSR count). The number of hydrogen-bond donors (Lipinski definition) is 0. The van der Waals surface area contributed by atoms with Crippen LogP contribution in [0, 0.1) is 0 Å². The molecule has 1 amide bonds. The number of carbonyl (C=O) groups excluding carboxylic acids is 1. The lowest BCUT2D eigenvalue weighted by Crippen LogP contribution is -2.52. The van der Waals surface area contributed by atoms with Gasteiger partial charge in [0.05, 0.1) is 6.04 Å². The van der Waals surface area contributed by atoms with Crippen molar-refractivity contribution in [2.24, 2.45) is 0 Å². The predicted octanol–water partition coefficient (Wildman–Crippen LogP) is 5.54. The van der Waals surface area contributed by atoms with Crippen LogP contribution in [0.15, 0.2) is 103 Å². The Morgan fingerprint density at radius 2 is 1.26 bits per heavy atom. The van der Waals surface area contributed by atoms with Crippen molar-refractivity contribution in [1.82, 2.24) is 9.80 Å². The fraction of sp³-hybridized carbons (Fsp3) is 0.233. The summed E-state index contributed by atoms with van der Waals surface area (Å²) < 4.78 is 6.05. The summed E-state index contributed by atoms with van der Waals surface area (Å²) in [6.45, 7) is 4.88. The normalized spacial score (nSPS) is 15.4. The fourth-order valence-corrected chi connectivity index (χ4v) is 4.84. The van der Waals surface area contributed by atoms with Crippen LogP contribution in [0.25, 0.3) is 10.8 Å². The molecule has 0 N–H and O–H groups in total. The first-order valence-electron chi connectivity index (χ1n) is 12.0. The highest BCUT2D eigenvalue weighted by molar-refractivity contribution is 5.84. The first kappa shape index (κ1) is 22.2. The van der Waals surface area contributed by atoms with Gasteiger partial charge in [-0.3, -0.25) is 9.69 Å². The molecule has 4 aromatic rings. The standard InChI is InChI=1S/C30H30N2O2/c1-23(34-28-17-16-24-10-8-9-15-27(24)22-28)30(33)32-20-18-31(19-21-32)29(25-11-4-2-5-12-25)26-13-6-3-7-14-26/h2-17,22-23,29H,18-21H2,1H3/t23-/m0/s1. The lowest BCUT2D eigenvalue weighted by molar-refractivity contribution is -0.140. The summed E-state index contributed by atoms with van der Waals surface area (Å²) in [5, 5.41) is 2.28. The summed E-state index contributed by atoms with van der Waals surface area (Å²) in [4.78, 5) is 17.6. The molecule has 1 atom stereocenters. The summed E-state index contributed by atoms with van der Waals surface area (Å²) >= 11 is 0. The second-order valence-electron chi connectivity index (χ2n) is 8.85. The van der Waals surface area contributed by atoms with Gasteiger partial charge in [0.2, 0.25) is 0 Å². The lowest BCUT2D eigenvalue weighted by Gasteiger charge is -2.40. The minimum atomic E-state index is -0.522. The topological polar surface area (TPSA) is 32.8 Å². The molecule has 1 aliphatic heterocycles. The van der Waals surface area contributed by atoms with Crippen LogP contribution in [0.4, 0.5) is 0 Å². The minimum absolute atomic E-state index is 0.0452. The van der Waals surface area contributed by atoms with Gasteiger partial charge in [-0.05, 0) is 41.0 Å². The summed E-state index contributed by atoms with van der Waals surface area (Å²) in [7, 11) is 0. The van der Waals surface area contributed by atoms with E-state index in [-0.39, 0.29) is 11.9 Å². The number of benzene rings is 4. The molecule has 4 heteroatoms. The molecular weight excluding hydrogens is 420 g/mol. The monoisotopic (exact) mass is 450 g/mol. The van der Waals surface area contributed by atoms with Gasteiger partial charge in [-0.1, -0.05) is 91.0 Å². The molecule has 0 bridgehead atoms. The van der Waals surface area contributed by atoms with Crippen LogP contribution < -0.4 is 4.74 Å². The minimum Gasteiger partial charge on any atom is -0.481 e. The van der Waals surface area contributed by atoms with Gasteiger partial charge < -0.3 is 9.64 Å². The quantitative estimate of drug-likeness (QED) is 0.387. The van der Waals surface area contributed by atoms with Crippen molar-refractivity contribution in [3.63, 3.8) is 0 Å². The SMILES string of the molecule is C[C@H](Oc1ccc2ccccc2c1)C(=O)N1CCN(C(c2ccccc2)c2ccccc2)CC1. The maximum absolute atomic E-state index is 13.2. The van der Waals surface area contributed by atoms with Crippen LogP contribution in [-0.2, 0) is 4.79 Å². The first-order chi connectivity index (χ1) is 16.7. The third kappa shape index (κ3) is 4.82. The maximum Gasteiger partial charge on any atom is 0.263 e. The zero-order chi connectivity index (χ0) is 23.3. The van der Waals surface area contributed by atoms with E-state index in [0.29, 0.717) is 13.1 Å². The number of hydrogen-bond acceptors (Lipinski definition) is 3. The molecule has 4 nitrogen and oxygen atoms in total. The molecule has 0 aromatic heterocycles. The van der Waals surface area contributed by atoms with Crippen LogP contribution in [0.5, 0.6) is 5.75 Å². The summed E-state index contributed by atoms with van der Waals surface area (Å²) in [6.07, 6.45) is -0.522. The smallest absolute Gasteiger partial charge is 0.263 e. The van der Waals surface area contributed by atoms with Gasteiger partial charge in [0, 0.05) is 26.2 Å². The maximum atomic E-state index is 13.2. The van der Waals surface area contributed by atoms with Crippen LogP contribution >= 0.6 is 0 Å². The van der Waals surface area contributed by atoms with Crippen molar-refractivity contribution in [1.29, 1.82) is 0 Å². The van der Waals surface area contributed by atoms with Crippen molar-refractivity contribution >= 4 is 16.7 Å². The van der Waals surface area contributed by atoms with Gasteiger partial charge in [0.1, 0.15) is 5.75 Å². The summed E-state index contributed by atoms with van der Waals surface area (Å²) in [5.41, 5.74) is 2.56. The molecule has 4 aromatic carbocycles. The molecule has 172 valence electrons. The van der Waals surface area contributed by atoms with E-state index in [9.17, 15) is 4.79 Å². The molecule has 0 saturated carbocycles. The molecule has 1 aliphatic rings. The van der Waals surface area contributed by atoms with E-state index in [1.165, 1.54) is 11.1 Å². The van der Waals surface area contributed by atoms with Crippen molar-refractivity contribution in [2.75, 3.05) is 26.2 Å². The molecule has 1 fully saturated rings. The highest BCUT2D eigenvalue weighted by Gasteiger charge is 2.30. The van der Waals surface area contributed by atoms with Gasteiger partial charge in [0.15, 0.2) is 6.10 Å². The highest BCUT2D eigenvalue weighted by Crippen LogP contribution is 2.29. The number of rotatable bonds is 6. The Labute approximate surface area is 201 Å². The predicted molar refractivity (Wildman–Crippen MR) is 137 cm³/mol. The van der Waals surface area contributed by atoms with E-state index in [4.69, 9.17) is 4.74 Å². The molecule has 0 unspecified atom stereocenters.